The standard InChI is InChI=1S/C18H20N4O3/c1-11(2)10-25-16-9-19-8-15(21-16)22-18(24)14-7-20-17(23)13-6-4-3-5-12(13)14/h3-6,8-9,11,14H,7,10H2,1-2H3,(H,20,23)(H,21,22,24). The summed E-state index contributed by atoms with van der Waals surface area (Å²) in [6.45, 7) is 4.84. The molecule has 0 radical (unpaired) electrons. The van der Waals surface area contributed by atoms with Crippen LogP contribution in [-0.2, 0) is 4.79 Å². The lowest BCUT2D eigenvalue weighted by molar-refractivity contribution is -0.117. The van der Waals surface area contributed by atoms with Crippen molar-refractivity contribution < 1.29 is 14.3 Å². The number of benzene rings is 1. The minimum Gasteiger partial charge on any atom is -0.476 e. The number of amides is 2. The number of fused-ring (bicyclic) bond motifs is 1. The SMILES string of the molecule is CC(C)COc1cncc(NC(=O)C2CNC(=O)c3ccccc32)n1. The van der Waals surface area contributed by atoms with Crippen LogP contribution < -0.4 is 15.4 Å². The molecule has 7 nitrogen and oxygen atoms in total. The summed E-state index contributed by atoms with van der Waals surface area (Å²) in [4.78, 5) is 32.8. The Balaban J connectivity index is 1.74. The van der Waals surface area contributed by atoms with E-state index in [1.807, 2.05) is 19.9 Å². The van der Waals surface area contributed by atoms with E-state index in [1.165, 1.54) is 12.4 Å². The van der Waals surface area contributed by atoms with Crippen LogP contribution in [0.15, 0.2) is 36.7 Å². The molecule has 2 heterocycles. The molecule has 0 saturated heterocycles. The van der Waals surface area contributed by atoms with Gasteiger partial charge in [0.1, 0.15) is 0 Å². The van der Waals surface area contributed by atoms with Gasteiger partial charge in [0, 0.05) is 12.1 Å². The van der Waals surface area contributed by atoms with Crippen molar-refractivity contribution in [2.24, 2.45) is 5.92 Å². The second-order valence-electron chi connectivity index (χ2n) is 6.29. The maximum Gasteiger partial charge on any atom is 0.251 e. The zero-order valence-electron chi connectivity index (χ0n) is 14.2. The monoisotopic (exact) mass is 340 g/mol. The fraction of sp³-hybridized carbons (Fsp3) is 0.333. The Morgan fingerprint density at radius 3 is 2.96 bits per heavy atom. The Morgan fingerprint density at radius 1 is 1.36 bits per heavy atom. The molecule has 0 bridgehead atoms. The van der Waals surface area contributed by atoms with E-state index in [-0.39, 0.29) is 18.4 Å². The fourth-order valence-corrected chi connectivity index (χ4v) is 2.58. The fourth-order valence-electron chi connectivity index (χ4n) is 2.58. The number of hydrogen-bond donors (Lipinski definition) is 2. The van der Waals surface area contributed by atoms with Gasteiger partial charge in [-0.25, -0.2) is 0 Å². The molecule has 7 heteroatoms. The van der Waals surface area contributed by atoms with Gasteiger partial charge in [-0.05, 0) is 17.5 Å². The minimum atomic E-state index is -0.476. The summed E-state index contributed by atoms with van der Waals surface area (Å²) in [6, 6.07) is 7.11. The summed E-state index contributed by atoms with van der Waals surface area (Å²) < 4.78 is 5.52. The van der Waals surface area contributed by atoms with E-state index in [1.54, 1.807) is 18.2 Å². The third-order valence-electron chi connectivity index (χ3n) is 3.79. The van der Waals surface area contributed by atoms with Gasteiger partial charge in [-0.2, -0.15) is 4.98 Å². The van der Waals surface area contributed by atoms with Gasteiger partial charge in [-0.1, -0.05) is 32.0 Å². The molecule has 1 aliphatic heterocycles. The maximum absolute atomic E-state index is 12.6. The van der Waals surface area contributed by atoms with Crippen LogP contribution in [0.2, 0.25) is 0 Å². The van der Waals surface area contributed by atoms with E-state index < -0.39 is 5.92 Å². The Morgan fingerprint density at radius 2 is 2.16 bits per heavy atom. The van der Waals surface area contributed by atoms with Crippen molar-refractivity contribution in [2.75, 3.05) is 18.5 Å². The molecular formula is C18H20N4O3. The smallest absolute Gasteiger partial charge is 0.251 e. The number of aromatic nitrogens is 2. The number of nitrogens with zero attached hydrogens (tertiary/aromatic N) is 2. The summed E-state index contributed by atoms with van der Waals surface area (Å²) in [6.07, 6.45) is 2.97. The Labute approximate surface area is 145 Å². The Hall–Kier alpha value is -2.96. The summed E-state index contributed by atoms with van der Waals surface area (Å²) in [5.41, 5.74) is 1.23. The molecule has 1 aliphatic rings. The number of carbonyl (C=O) groups excluding carboxylic acids is 2. The Bertz CT molecular complexity index is 791. The summed E-state index contributed by atoms with van der Waals surface area (Å²) in [5, 5.41) is 5.49. The molecule has 2 N–H and O–H groups in total. The molecule has 2 aromatic rings. The lowest BCUT2D eigenvalue weighted by Crippen LogP contribution is -2.40. The van der Waals surface area contributed by atoms with E-state index in [0.717, 1.165) is 0 Å². The lowest BCUT2D eigenvalue weighted by Gasteiger charge is -2.24. The second-order valence-corrected chi connectivity index (χ2v) is 6.29. The predicted molar refractivity (Wildman–Crippen MR) is 92.5 cm³/mol. The third-order valence-corrected chi connectivity index (χ3v) is 3.79. The number of carbonyl (C=O) groups is 2. The number of nitrogens with one attached hydrogen (secondary N) is 2. The molecule has 0 aliphatic carbocycles. The lowest BCUT2D eigenvalue weighted by atomic mass is 9.90. The number of hydrogen-bond acceptors (Lipinski definition) is 5. The molecular weight excluding hydrogens is 320 g/mol. The largest absolute Gasteiger partial charge is 0.476 e. The van der Waals surface area contributed by atoms with Crippen molar-refractivity contribution in [3.63, 3.8) is 0 Å². The van der Waals surface area contributed by atoms with Gasteiger partial charge in [-0.3, -0.25) is 14.6 Å². The molecule has 3 rings (SSSR count). The van der Waals surface area contributed by atoms with Crippen LogP contribution >= 0.6 is 0 Å². The minimum absolute atomic E-state index is 0.163. The van der Waals surface area contributed by atoms with E-state index >= 15 is 0 Å². The van der Waals surface area contributed by atoms with Gasteiger partial charge in [0.2, 0.25) is 11.8 Å². The molecule has 1 atom stereocenters. The summed E-state index contributed by atoms with van der Waals surface area (Å²) in [7, 11) is 0. The molecule has 0 fully saturated rings. The highest BCUT2D eigenvalue weighted by atomic mass is 16.5. The van der Waals surface area contributed by atoms with Crippen LogP contribution in [0, 0.1) is 5.92 Å². The van der Waals surface area contributed by atoms with Crippen LogP contribution in [0.4, 0.5) is 5.82 Å². The average molecular weight is 340 g/mol. The zero-order chi connectivity index (χ0) is 17.8. The molecule has 0 spiro atoms. The highest BCUT2D eigenvalue weighted by molar-refractivity contribution is 6.03. The number of rotatable bonds is 5. The molecule has 2 amide bonds. The van der Waals surface area contributed by atoms with E-state index in [0.29, 0.717) is 35.3 Å². The van der Waals surface area contributed by atoms with Crippen molar-refractivity contribution in [1.29, 1.82) is 0 Å². The quantitative estimate of drug-likeness (QED) is 0.868. The first-order valence-electron chi connectivity index (χ1n) is 8.17. The van der Waals surface area contributed by atoms with Crippen LogP contribution in [0.5, 0.6) is 5.88 Å². The third kappa shape index (κ3) is 3.93. The van der Waals surface area contributed by atoms with Crippen LogP contribution in [0.25, 0.3) is 0 Å². The Kier molecular flexibility index (Phi) is 4.92. The normalized spacial score (nSPS) is 16.1. The molecule has 25 heavy (non-hydrogen) atoms. The zero-order valence-corrected chi connectivity index (χ0v) is 14.2. The van der Waals surface area contributed by atoms with Crippen LogP contribution in [-0.4, -0.2) is 34.9 Å². The van der Waals surface area contributed by atoms with Gasteiger partial charge in [0.25, 0.3) is 5.91 Å². The van der Waals surface area contributed by atoms with Gasteiger partial charge < -0.3 is 15.4 Å². The van der Waals surface area contributed by atoms with E-state index in [4.69, 9.17) is 4.74 Å². The van der Waals surface area contributed by atoms with E-state index in [9.17, 15) is 9.59 Å². The van der Waals surface area contributed by atoms with Crippen molar-refractivity contribution in [2.45, 2.75) is 19.8 Å². The van der Waals surface area contributed by atoms with Crippen molar-refractivity contribution in [3.05, 3.63) is 47.8 Å². The van der Waals surface area contributed by atoms with Gasteiger partial charge in [0.05, 0.1) is 24.9 Å². The highest BCUT2D eigenvalue weighted by Gasteiger charge is 2.30. The van der Waals surface area contributed by atoms with Crippen molar-refractivity contribution in [3.8, 4) is 5.88 Å². The van der Waals surface area contributed by atoms with E-state index in [2.05, 4.69) is 20.6 Å². The first kappa shape index (κ1) is 16.9. The highest BCUT2D eigenvalue weighted by Crippen LogP contribution is 2.25. The first-order chi connectivity index (χ1) is 12.0. The first-order valence-corrected chi connectivity index (χ1v) is 8.17. The number of anilines is 1. The van der Waals surface area contributed by atoms with Crippen LogP contribution in [0.1, 0.15) is 35.7 Å². The van der Waals surface area contributed by atoms with Gasteiger partial charge >= 0.3 is 0 Å². The van der Waals surface area contributed by atoms with Gasteiger partial charge in [0.15, 0.2) is 5.82 Å². The molecule has 1 unspecified atom stereocenters. The predicted octanol–water partition coefficient (Wildman–Crippen LogP) is 1.98. The summed E-state index contributed by atoms with van der Waals surface area (Å²) in [5.74, 6) is 0.161. The van der Waals surface area contributed by atoms with Crippen LogP contribution in [0.3, 0.4) is 0 Å². The second kappa shape index (κ2) is 7.29. The molecule has 130 valence electrons. The van der Waals surface area contributed by atoms with Crippen molar-refractivity contribution >= 4 is 17.6 Å². The molecule has 1 aromatic carbocycles. The molecule has 0 saturated carbocycles. The average Bonchev–Trinajstić information content (AvgIpc) is 2.61. The van der Waals surface area contributed by atoms with Crippen molar-refractivity contribution in [1.82, 2.24) is 15.3 Å². The molecule has 1 aromatic heterocycles. The van der Waals surface area contributed by atoms with Gasteiger partial charge in [-0.15, -0.1) is 0 Å². The maximum atomic E-state index is 12.6. The summed E-state index contributed by atoms with van der Waals surface area (Å²) >= 11 is 0. The number of ether oxygens (including phenoxy) is 1. The topological polar surface area (TPSA) is 93.2 Å².